The first-order valence-electron chi connectivity index (χ1n) is 8.98. The zero-order valence-electron chi connectivity index (χ0n) is 15.2. The van der Waals surface area contributed by atoms with Crippen molar-refractivity contribution < 1.29 is 24.2 Å². The van der Waals surface area contributed by atoms with Gasteiger partial charge >= 0.3 is 5.97 Å². The summed E-state index contributed by atoms with van der Waals surface area (Å²) in [4.78, 5) is 36.9. The molecule has 3 rings (SSSR count). The lowest BCUT2D eigenvalue weighted by molar-refractivity contribution is -0.159. The first kappa shape index (κ1) is 17.9. The van der Waals surface area contributed by atoms with E-state index >= 15 is 0 Å². The highest BCUT2D eigenvalue weighted by Gasteiger charge is 2.66. The second kappa shape index (κ2) is 5.82. The highest BCUT2D eigenvalue weighted by molar-refractivity contribution is 5.88. The minimum absolute atomic E-state index is 0.00387. The predicted octanol–water partition coefficient (Wildman–Crippen LogP) is 3.35. The summed E-state index contributed by atoms with van der Waals surface area (Å²) in [5, 5.41) is 10.7. The van der Waals surface area contributed by atoms with Crippen molar-refractivity contribution in [3.05, 3.63) is 23.2 Å². The minimum atomic E-state index is -1.07. The Hall–Kier alpha value is -1.91. The molecule has 4 atom stereocenters. The predicted molar refractivity (Wildman–Crippen MR) is 91.3 cm³/mol. The van der Waals surface area contributed by atoms with E-state index in [9.17, 15) is 19.5 Å². The zero-order valence-corrected chi connectivity index (χ0v) is 15.2. The monoisotopic (exact) mass is 346 g/mol. The van der Waals surface area contributed by atoms with Crippen LogP contribution in [0, 0.1) is 34.5 Å². The third kappa shape index (κ3) is 2.31. The van der Waals surface area contributed by atoms with Crippen LogP contribution in [0.5, 0.6) is 0 Å². The molecule has 0 bridgehead atoms. The van der Waals surface area contributed by atoms with Gasteiger partial charge in [-0.15, -0.1) is 0 Å². The molecule has 2 aliphatic carbocycles. The summed E-state index contributed by atoms with van der Waals surface area (Å²) in [6, 6.07) is 0. The topological polar surface area (TPSA) is 80.7 Å². The molecule has 0 aromatic rings. The number of aliphatic hydroxyl groups excluding tert-OH is 1. The molecule has 136 valence electrons. The molecule has 1 N–H and O–H groups in total. The summed E-state index contributed by atoms with van der Waals surface area (Å²) in [5.74, 6) is -2.08. The summed E-state index contributed by atoms with van der Waals surface area (Å²) in [6.45, 7) is 7.79. The second-order valence-electron chi connectivity index (χ2n) is 8.57. The molecular weight excluding hydrogens is 320 g/mol. The van der Waals surface area contributed by atoms with E-state index in [1.807, 2.05) is 27.7 Å². The van der Waals surface area contributed by atoms with Gasteiger partial charge in [-0.25, -0.2) is 0 Å². The van der Waals surface area contributed by atoms with Crippen molar-refractivity contribution in [2.24, 2.45) is 34.5 Å². The van der Waals surface area contributed by atoms with Gasteiger partial charge in [0.15, 0.2) is 11.5 Å². The maximum Gasteiger partial charge on any atom is 0.318 e. The molecule has 5 heteroatoms. The van der Waals surface area contributed by atoms with Gasteiger partial charge in [0.05, 0.1) is 11.3 Å². The van der Waals surface area contributed by atoms with Gasteiger partial charge in [-0.3, -0.25) is 4.79 Å². The van der Waals surface area contributed by atoms with Crippen LogP contribution in [0.1, 0.15) is 47.0 Å². The number of fused-ring (bicyclic) bond motifs is 2. The number of allylic oxidation sites excluding steroid dienone is 3. The van der Waals surface area contributed by atoms with E-state index in [2.05, 4.69) is 0 Å². The molecule has 0 aromatic heterocycles. The van der Waals surface area contributed by atoms with Crippen LogP contribution in [0.2, 0.25) is 0 Å². The largest absolute Gasteiger partial charge is 0.504 e. The van der Waals surface area contributed by atoms with Crippen molar-refractivity contribution in [2.45, 2.75) is 47.0 Å². The van der Waals surface area contributed by atoms with E-state index in [4.69, 9.17) is 4.74 Å². The van der Waals surface area contributed by atoms with E-state index < -0.39 is 29.1 Å². The minimum Gasteiger partial charge on any atom is -0.504 e. The van der Waals surface area contributed by atoms with Gasteiger partial charge in [-0.1, -0.05) is 40.2 Å². The Bertz CT molecular complexity index is 684. The number of esters is 1. The number of hydrogen-bond donors (Lipinski definition) is 1. The van der Waals surface area contributed by atoms with Crippen molar-refractivity contribution in [1.82, 2.24) is 0 Å². The SMILES string of the molecule is CC(C)C1=CC(C=O)C2C(=C1O)OC(=O)C21CCCC(C)(C)C1C=O. The Labute approximate surface area is 148 Å². The standard InChI is InChI=1S/C20H26O5/c1-11(2)13-8-12(9-21)15-17(16(13)23)25-18(24)20(15)7-5-6-19(3,4)14(20)10-22/h8-12,14-15,23H,5-7H2,1-4H3. The Morgan fingerprint density at radius 3 is 2.48 bits per heavy atom. The molecule has 2 fully saturated rings. The number of rotatable bonds is 3. The normalized spacial score (nSPS) is 36.9. The van der Waals surface area contributed by atoms with E-state index in [0.29, 0.717) is 12.0 Å². The van der Waals surface area contributed by atoms with Gasteiger partial charge in [0.2, 0.25) is 0 Å². The van der Waals surface area contributed by atoms with Gasteiger partial charge < -0.3 is 19.4 Å². The lowest BCUT2D eigenvalue weighted by Gasteiger charge is -2.49. The Morgan fingerprint density at radius 1 is 1.24 bits per heavy atom. The molecule has 1 heterocycles. The fraction of sp³-hybridized carbons (Fsp3) is 0.650. The molecule has 0 aromatic carbocycles. The van der Waals surface area contributed by atoms with Crippen LogP contribution in [0.25, 0.3) is 0 Å². The average molecular weight is 346 g/mol. The number of carbonyl (C=O) groups excluding carboxylic acids is 3. The third-order valence-corrected chi connectivity index (χ3v) is 6.41. The molecule has 1 saturated heterocycles. The highest BCUT2D eigenvalue weighted by Crippen LogP contribution is 2.62. The first-order chi connectivity index (χ1) is 11.7. The van der Waals surface area contributed by atoms with E-state index in [1.165, 1.54) is 0 Å². The Morgan fingerprint density at radius 2 is 1.92 bits per heavy atom. The maximum absolute atomic E-state index is 13.0. The highest BCUT2D eigenvalue weighted by atomic mass is 16.6. The lowest BCUT2D eigenvalue weighted by Crippen LogP contribution is -2.52. The van der Waals surface area contributed by atoms with E-state index in [0.717, 1.165) is 25.4 Å². The Balaban J connectivity index is 2.20. The van der Waals surface area contributed by atoms with Gasteiger partial charge in [0.1, 0.15) is 12.6 Å². The Kier molecular flexibility index (Phi) is 4.17. The molecule has 1 aliphatic heterocycles. The summed E-state index contributed by atoms with van der Waals surface area (Å²) in [6.07, 6.45) is 5.52. The number of aliphatic hydroxyl groups is 1. The van der Waals surface area contributed by atoms with Crippen LogP contribution >= 0.6 is 0 Å². The molecule has 1 spiro atoms. The van der Waals surface area contributed by atoms with Gasteiger partial charge in [0.25, 0.3) is 0 Å². The molecule has 3 aliphatic rings. The average Bonchev–Trinajstić information content (AvgIpc) is 2.81. The van der Waals surface area contributed by atoms with Crippen molar-refractivity contribution in [2.75, 3.05) is 0 Å². The van der Waals surface area contributed by atoms with Crippen LogP contribution in [-0.2, 0) is 19.1 Å². The van der Waals surface area contributed by atoms with Gasteiger partial charge in [0, 0.05) is 11.8 Å². The van der Waals surface area contributed by atoms with Gasteiger partial charge in [-0.05, 0) is 29.7 Å². The third-order valence-electron chi connectivity index (χ3n) is 6.41. The zero-order chi connectivity index (χ0) is 18.6. The van der Waals surface area contributed by atoms with E-state index in [-0.39, 0.29) is 22.9 Å². The summed E-state index contributed by atoms with van der Waals surface area (Å²) >= 11 is 0. The lowest BCUT2D eigenvalue weighted by atomic mass is 9.50. The molecule has 25 heavy (non-hydrogen) atoms. The number of carbonyl (C=O) groups is 3. The molecule has 0 amide bonds. The number of hydrogen-bond acceptors (Lipinski definition) is 5. The van der Waals surface area contributed by atoms with Crippen molar-refractivity contribution in [1.29, 1.82) is 0 Å². The van der Waals surface area contributed by atoms with Crippen LogP contribution in [0.4, 0.5) is 0 Å². The van der Waals surface area contributed by atoms with Crippen molar-refractivity contribution in [3.8, 4) is 0 Å². The molecule has 4 unspecified atom stereocenters. The smallest absolute Gasteiger partial charge is 0.318 e. The van der Waals surface area contributed by atoms with Crippen molar-refractivity contribution >= 4 is 18.5 Å². The molecule has 5 nitrogen and oxygen atoms in total. The second-order valence-corrected chi connectivity index (χ2v) is 8.57. The van der Waals surface area contributed by atoms with Crippen LogP contribution in [0.15, 0.2) is 23.2 Å². The molecular formula is C20H26O5. The maximum atomic E-state index is 13.0. The quantitative estimate of drug-likeness (QED) is 0.626. The number of ether oxygens (including phenoxy) is 1. The van der Waals surface area contributed by atoms with E-state index in [1.54, 1.807) is 6.08 Å². The fourth-order valence-corrected chi connectivity index (χ4v) is 5.17. The first-order valence-corrected chi connectivity index (χ1v) is 8.98. The fourth-order valence-electron chi connectivity index (χ4n) is 5.17. The van der Waals surface area contributed by atoms with Crippen LogP contribution in [0.3, 0.4) is 0 Å². The summed E-state index contributed by atoms with van der Waals surface area (Å²) < 4.78 is 5.54. The summed E-state index contributed by atoms with van der Waals surface area (Å²) in [5.41, 5.74) is -0.817. The van der Waals surface area contributed by atoms with Gasteiger partial charge in [-0.2, -0.15) is 0 Å². The van der Waals surface area contributed by atoms with Crippen molar-refractivity contribution in [3.63, 3.8) is 0 Å². The molecule has 1 saturated carbocycles. The number of aldehydes is 2. The molecule has 0 radical (unpaired) electrons. The van der Waals surface area contributed by atoms with Crippen LogP contribution < -0.4 is 0 Å². The summed E-state index contributed by atoms with van der Waals surface area (Å²) in [7, 11) is 0. The van der Waals surface area contributed by atoms with Crippen LogP contribution in [-0.4, -0.2) is 23.6 Å².